The molecule has 31 heavy (non-hydrogen) atoms. The minimum absolute atomic E-state index is 0.0281. The first-order valence-corrected chi connectivity index (χ1v) is 10.2. The van der Waals surface area contributed by atoms with E-state index in [4.69, 9.17) is 9.47 Å². The van der Waals surface area contributed by atoms with Crippen molar-refractivity contribution >= 4 is 23.6 Å². The lowest BCUT2D eigenvalue weighted by Crippen LogP contribution is -2.49. The van der Waals surface area contributed by atoms with Crippen LogP contribution in [0.25, 0.3) is 6.08 Å². The third-order valence-corrected chi connectivity index (χ3v) is 4.91. The summed E-state index contributed by atoms with van der Waals surface area (Å²) in [6.45, 7) is 4.23. The summed E-state index contributed by atoms with van der Waals surface area (Å²) in [6, 6.07) is 19.0. The minimum Gasteiger partial charge on any atom is -0.481 e. The maximum Gasteiger partial charge on any atom is 0.344 e. The molecule has 2 aromatic rings. The van der Waals surface area contributed by atoms with Crippen LogP contribution in [0.1, 0.15) is 12.5 Å². The van der Waals surface area contributed by atoms with Crippen molar-refractivity contribution in [3.63, 3.8) is 0 Å². The molecule has 2 aromatic carbocycles. The lowest BCUT2D eigenvalue weighted by Gasteiger charge is -2.36. The fraction of sp³-hybridized carbons (Fsp3) is 0.292. The van der Waals surface area contributed by atoms with Crippen molar-refractivity contribution in [2.45, 2.75) is 6.92 Å². The summed E-state index contributed by atoms with van der Waals surface area (Å²) in [5.74, 6) is -0.380. The number of rotatable bonds is 7. The number of carbonyl (C=O) groups excluding carboxylic acids is 2. The molecule has 1 saturated heterocycles. The zero-order valence-electron chi connectivity index (χ0n) is 17.5. The molecule has 7 heteroatoms. The fourth-order valence-corrected chi connectivity index (χ4v) is 3.34. The number of ether oxygens (including phenoxy) is 2. The Morgan fingerprint density at radius 1 is 1.03 bits per heavy atom. The SMILES string of the molecule is CCOC(=O)COc1ccccc1/C=C(/C#N)C(=O)N1CCN(c2ccccc2)CC1. The first kappa shape index (κ1) is 21.9. The molecule has 1 heterocycles. The number of hydrogen-bond acceptors (Lipinski definition) is 6. The molecule has 1 amide bonds. The zero-order valence-corrected chi connectivity index (χ0v) is 17.5. The van der Waals surface area contributed by atoms with Crippen molar-refractivity contribution in [3.8, 4) is 11.8 Å². The van der Waals surface area contributed by atoms with Gasteiger partial charge in [0.2, 0.25) is 0 Å². The molecule has 0 spiro atoms. The number of amides is 1. The zero-order chi connectivity index (χ0) is 22.1. The average molecular weight is 419 g/mol. The summed E-state index contributed by atoms with van der Waals surface area (Å²) in [7, 11) is 0. The van der Waals surface area contributed by atoms with E-state index in [1.165, 1.54) is 6.08 Å². The second-order valence-electron chi connectivity index (χ2n) is 6.92. The highest BCUT2D eigenvalue weighted by molar-refractivity contribution is 6.02. The van der Waals surface area contributed by atoms with Crippen molar-refractivity contribution in [3.05, 3.63) is 65.7 Å². The Bertz CT molecular complexity index is 974. The van der Waals surface area contributed by atoms with Gasteiger partial charge in [-0.1, -0.05) is 36.4 Å². The van der Waals surface area contributed by atoms with Crippen LogP contribution in [0.4, 0.5) is 5.69 Å². The second kappa shape index (κ2) is 10.8. The number of para-hydroxylation sites is 2. The average Bonchev–Trinajstić information content (AvgIpc) is 2.82. The lowest BCUT2D eigenvalue weighted by atomic mass is 10.1. The third kappa shape index (κ3) is 5.86. The van der Waals surface area contributed by atoms with Crippen molar-refractivity contribution in [2.75, 3.05) is 44.3 Å². The van der Waals surface area contributed by atoms with E-state index in [0.717, 1.165) is 5.69 Å². The van der Waals surface area contributed by atoms with Crippen molar-refractivity contribution < 1.29 is 19.1 Å². The maximum absolute atomic E-state index is 12.9. The molecule has 1 fully saturated rings. The Morgan fingerprint density at radius 3 is 2.39 bits per heavy atom. The predicted molar refractivity (Wildman–Crippen MR) is 117 cm³/mol. The number of anilines is 1. The fourth-order valence-electron chi connectivity index (χ4n) is 3.34. The summed E-state index contributed by atoms with van der Waals surface area (Å²) < 4.78 is 10.4. The van der Waals surface area contributed by atoms with Gasteiger partial charge in [0.05, 0.1) is 6.61 Å². The second-order valence-corrected chi connectivity index (χ2v) is 6.92. The van der Waals surface area contributed by atoms with E-state index in [1.807, 2.05) is 36.4 Å². The molecule has 0 aliphatic carbocycles. The highest BCUT2D eigenvalue weighted by Gasteiger charge is 2.24. The van der Waals surface area contributed by atoms with E-state index in [9.17, 15) is 14.9 Å². The van der Waals surface area contributed by atoms with Crippen LogP contribution in [0.2, 0.25) is 0 Å². The van der Waals surface area contributed by atoms with Gasteiger partial charge in [0.1, 0.15) is 17.4 Å². The molecule has 160 valence electrons. The normalized spacial score (nSPS) is 14.0. The van der Waals surface area contributed by atoms with Gasteiger partial charge in [-0.25, -0.2) is 4.79 Å². The van der Waals surface area contributed by atoms with Gasteiger partial charge in [0.15, 0.2) is 6.61 Å². The van der Waals surface area contributed by atoms with Crippen LogP contribution in [0.15, 0.2) is 60.2 Å². The molecule has 0 aromatic heterocycles. The first-order valence-electron chi connectivity index (χ1n) is 10.2. The number of piperazine rings is 1. The van der Waals surface area contributed by atoms with Crippen molar-refractivity contribution in [1.29, 1.82) is 5.26 Å². The Hall–Kier alpha value is -3.79. The number of carbonyl (C=O) groups is 2. The van der Waals surface area contributed by atoms with Gasteiger partial charge in [0, 0.05) is 37.4 Å². The molecular formula is C24H25N3O4. The molecule has 0 unspecified atom stereocenters. The van der Waals surface area contributed by atoms with E-state index in [1.54, 1.807) is 36.1 Å². The number of esters is 1. The summed E-state index contributed by atoms with van der Waals surface area (Å²) in [5.41, 5.74) is 1.71. The highest BCUT2D eigenvalue weighted by atomic mass is 16.6. The Kier molecular flexibility index (Phi) is 7.66. The molecule has 1 aliphatic heterocycles. The summed E-state index contributed by atoms with van der Waals surface area (Å²) in [4.78, 5) is 28.4. The van der Waals surface area contributed by atoms with Gasteiger partial charge in [-0.05, 0) is 31.2 Å². The Labute approximate surface area is 182 Å². The van der Waals surface area contributed by atoms with Crippen molar-refractivity contribution in [1.82, 2.24) is 4.90 Å². The van der Waals surface area contributed by atoms with Gasteiger partial charge in [-0.15, -0.1) is 0 Å². The van der Waals surface area contributed by atoms with E-state index < -0.39 is 5.97 Å². The largest absolute Gasteiger partial charge is 0.481 e. The van der Waals surface area contributed by atoms with E-state index in [-0.39, 0.29) is 24.7 Å². The molecule has 3 rings (SSSR count). The molecule has 7 nitrogen and oxygen atoms in total. The summed E-state index contributed by atoms with van der Waals surface area (Å²) >= 11 is 0. The van der Waals surface area contributed by atoms with Crippen LogP contribution in [0.5, 0.6) is 5.75 Å². The molecular weight excluding hydrogens is 394 g/mol. The van der Waals surface area contributed by atoms with E-state index in [2.05, 4.69) is 4.90 Å². The van der Waals surface area contributed by atoms with Gasteiger partial charge >= 0.3 is 5.97 Å². The molecule has 0 saturated carbocycles. The Balaban J connectivity index is 1.67. The number of nitrogens with zero attached hydrogens (tertiary/aromatic N) is 3. The van der Waals surface area contributed by atoms with Gasteiger partial charge < -0.3 is 19.3 Å². The molecule has 1 aliphatic rings. The number of benzene rings is 2. The van der Waals surface area contributed by atoms with Crippen LogP contribution in [-0.2, 0) is 14.3 Å². The van der Waals surface area contributed by atoms with E-state index in [0.29, 0.717) is 37.5 Å². The van der Waals surface area contributed by atoms with Crippen LogP contribution >= 0.6 is 0 Å². The quantitative estimate of drug-likeness (QED) is 0.390. The van der Waals surface area contributed by atoms with Crippen LogP contribution in [-0.4, -0.2) is 56.2 Å². The first-order chi connectivity index (χ1) is 15.1. The third-order valence-electron chi connectivity index (χ3n) is 4.91. The maximum atomic E-state index is 12.9. The van der Waals surface area contributed by atoms with Gasteiger partial charge in [-0.2, -0.15) is 5.26 Å². The topological polar surface area (TPSA) is 82.9 Å². The smallest absolute Gasteiger partial charge is 0.344 e. The molecule has 0 atom stereocenters. The van der Waals surface area contributed by atoms with Crippen LogP contribution < -0.4 is 9.64 Å². The summed E-state index contributed by atoms with van der Waals surface area (Å²) in [5, 5.41) is 9.61. The van der Waals surface area contributed by atoms with E-state index >= 15 is 0 Å². The van der Waals surface area contributed by atoms with Crippen molar-refractivity contribution in [2.24, 2.45) is 0 Å². The molecule has 0 bridgehead atoms. The van der Waals surface area contributed by atoms with Gasteiger partial charge in [-0.3, -0.25) is 4.79 Å². The summed E-state index contributed by atoms with van der Waals surface area (Å²) in [6.07, 6.45) is 1.51. The van der Waals surface area contributed by atoms with Gasteiger partial charge in [0.25, 0.3) is 5.91 Å². The molecule has 0 radical (unpaired) electrons. The number of nitriles is 1. The van der Waals surface area contributed by atoms with Crippen LogP contribution in [0, 0.1) is 11.3 Å². The Morgan fingerprint density at radius 2 is 1.71 bits per heavy atom. The van der Waals surface area contributed by atoms with Crippen LogP contribution in [0.3, 0.4) is 0 Å². The molecule has 0 N–H and O–H groups in total. The standard InChI is InChI=1S/C24H25N3O4/c1-2-30-23(28)18-31-22-11-7-6-8-19(22)16-20(17-25)24(29)27-14-12-26(13-15-27)21-9-4-3-5-10-21/h3-11,16H,2,12-15,18H2,1H3/b20-16-. The highest BCUT2D eigenvalue weighted by Crippen LogP contribution is 2.22. The minimum atomic E-state index is -0.478. The monoisotopic (exact) mass is 419 g/mol. The predicted octanol–water partition coefficient (Wildman–Crippen LogP) is 2.88. The number of hydrogen-bond donors (Lipinski definition) is 0. The lowest BCUT2D eigenvalue weighted by molar-refractivity contribution is -0.145.